The molecular formula is C15H17NO6. The summed E-state index contributed by atoms with van der Waals surface area (Å²) in [6, 6.07) is 10.0. The lowest BCUT2D eigenvalue weighted by molar-refractivity contribution is -0.251. The Morgan fingerprint density at radius 3 is 2.45 bits per heavy atom. The molecule has 1 aliphatic rings. The van der Waals surface area contributed by atoms with Gasteiger partial charge in [-0.15, -0.1) is 0 Å². The zero-order valence-electron chi connectivity index (χ0n) is 11.6. The zero-order chi connectivity index (χ0) is 15.9. The van der Waals surface area contributed by atoms with Crippen LogP contribution < -0.4 is 5.56 Å². The molecule has 118 valence electrons. The van der Waals surface area contributed by atoms with Crippen molar-refractivity contribution in [2.75, 3.05) is 6.61 Å². The molecule has 0 spiro atoms. The summed E-state index contributed by atoms with van der Waals surface area (Å²) in [5.74, 6) is 0. The average Bonchev–Trinajstić information content (AvgIpc) is 2.54. The Labute approximate surface area is 125 Å². The van der Waals surface area contributed by atoms with Gasteiger partial charge in [-0.3, -0.25) is 9.36 Å². The van der Waals surface area contributed by atoms with Gasteiger partial charge in [0.05, 0.1) is 12.1 Å². The fraction of sp³-hybridized carbons (Fsp3) is 0.400. The second kappa shape index (κ2) is 5.79. The smallest absolute Gasteiger partial charge is 0.253 e. The van der Waals surface area contributed by atoms with Crippen molar-refractivity contribution in [2.45, 2.75) is 30.6 Å². The van der Waals surface area contributed by atoms with Crippen LogP contribution in [-0.2, 0) is 4.74 Å². The molecule has 0 aliphatic carbocycles. The van der Waals surface area contributed by atoms with Crippen LogP contribution in [0.3, 0.4) is 0 Å². The van der Waals surface area contributed by atoms with E-state index in [1.165, 1.54) is 10.6 Å². The van der Waals surface area contributed by atoms with Gasteiger partial charge in [0.25, 0.3) is 5.56 Å². The van der Waals surface area contributed by atoms with E-state index in [0.717, 1.165) is 5.39 Å². The summed E-state index contributed by atoms with van der Waals surface area (Å²) in [5, 5.41) is 39.9. The predicted molar refractivity (Wildman–Crippen MR) is 77.2 cm³/mol. The van der Waals surface area contributed by atoms with Gasteiger partial charge in [0.1, 0.15) is 24.4 Å². The minimum Gasteiger partial charge on any atom is -0.394 e. The number of aromatic nitrogens is 1. The topological polar surface area (TPSA) is 112 Å². The fourth-order valence-corrected chi connectivity index (χ4v) is 2.77. The first kappa shape index (κ1) is 15.1. The van der Waals surface area contributed by atoms with Crippen LogP contribution in [0.2, 0.25) is 0 Å². The third kappa shape index (κ3) is 2.33. The molecule has 3 rings (SSSR count). The van der Waals surface area contributed by atoms with Crippen molar-refractivity contribution in [3.8, 4) is 0 Å². The van der Waals surface area contributed by atoms with Crippen LogP contribution in [0.5, 0.6) is 0 Å². The summed E-state index contributed by atoms with van der Waals surface area (Å²) in [6.07, 6.45) is -6.74. The van der Waals surface area contributed by atoms with Gasteiger partial charge in [0.2, 0.25) is 0 Å². The number of benzene rings is 1. The van der Waals surface area contributed by atoms with Crippen LogP contribution >= 0.6 is 0 Å². The third-order valence-electron chi connectivity index (χ3n) is 3.96. The van der Waals surface area contributed by atoms with Crippen LogP contribution in [0.4, 0.5) is 0 Å². The van der Waals surface area contributed by atoms with Gasteiger partial charge in [0.15, 0.2) is 6.23 Å². The molecule has 1 saturated heterocycles. The van der Waals surface area contributed by atoms with Crippen LogP contribution in [0.15, 0.2) is 41.2 Å². The maximum absolute atomic E-state index is 12.2. The predicted octanol–water partition coefficient (Wildman–Crippen LogP) is -1.03. The Morgan fingerprint density at radius 1 is 1.00 bits per heavy atom. The molecule has 1 fully saturated rings. The summed E-state index contributed by atoms with van der Waals surface area (Å²) < 4.78 is 6.68. The average molecular weight is 307 g/mol. The number of nitrogens with zero attached hydrogens (tertiary/aromatic N) is 1. The minimum atomic E-state index is -1.53. The van der Waals surface area contributed by atoms with Crippen molar-refractivity contribution in [2.24, 2.45) is 0 Å². The zero-order valence-corrected chi connectivity index (χ0v) is 11.6. The Kier molecular flexibility index (Phi) is 3.98. The Balaban J connectivity index is 2.14. The molecule has 0 radical (unpaired) electrons. The molecule has 1 aliphatic heterocycles. The van der Waals surface area contributed by atoms with E-state index >= 15 is 0 Å². The van der Waals surface area contributed by atoms with Gasteiger partial charge in [-0.2, -0.15) is 0 Å². The van der Waals surface area contributed by atoms with E-state index in [-0.39, 0.29) is 0 Å². The largest absolute Gasteiger partial charge is 0.394 e. The molecule has 0 saturated carbocycles. The highest BCUT2D eigenvalue weighted by atomic mass is 16.6. The lowest BCUT2D eigenvalue weighted by Crippen LogP contribution is -2.57. The van der Waals surface area contributed by atoms with Crippen molar-refractivity contribution < 1.29 is 25.2 Å². The van der Waals surface area contributed by atoms with Crippen LogP contribution in [0.25, 0.3) is 10.9 Å². The van der Waals surface area contributed by atoms with Gasteiger partial charge < -0.3 is 25.2 Å². The highest BCUT2D eigenvalue weighted by Gasteiger charge is 2.44. The summed E-state index contributed by atoms with van der Waals surface area (Å²) in [6.45, 7) is -0.541. The monoisotopic (exact) mass is 307 g/mol. The normalized spacial score (nSPS) is 32.3. The van der Waals surface area contributed by atoms with Crippen LogP contribution in [-0.4, -0.2) is 56.0 Å². The molecule has 7 heteroatoms. The van der Waals surface area contributed by atoms with Crippen molar-refractivity contribution in [1.82, 2.24) is 4.57 Å². The lowest BCUT2D eigenvalue weighted by atomic mass is 9.98. The summed E-state index contributed by atoms with van der Waals surface area (Å²) in [7, 11) is 0. The molecule has 22 heavy (non-hydrogen) atoms. The number of rotatable bonds is 2. The fourth-order valence-electron chi connectivity index (χ4n) is 2.77. The van der Waals surface area contributed by atoms with Gasteiger partial charge in [0, 0.05) is 6.07 Å². The Morgan fingerprint density at radius 2 is 1.73 bits per heavy atom. The molecule has 2 aromatic rings. The van der Waals surface area contributed by atoms with E-state index in [4.69, 9.17) is 4.74 Å². The van der Waals surface area contributed by atoms with Crippen molar-refractivity contribution >= 4 is 10.9 Å². The number of hydrogen-bond acceptors (Lipinski definition) is 6. The molecule has 3 unspecified atom stereocenters. The van der Waals surface area contributed by atoms with Gasteiger partial charge in [-0.1, -0.05) is 18.2 Å². The summed E-state index contributed by atoms with van der Waals surface area (Å²) >= 11 is 0. The molecule has 4 N–H and O–H groups in total. The van der Waals surface area contributed by atoms with Crippen molar-refractivity contribution in [3.63, 3.8) is 0 Å². The van der Waals surface area contributed by atoms with E-state index in [1.54, 1.807) is 24.3 Å². The highest BCUT2D eigenvalue weighted by molar-refractivity contribution is 5.78. The van der Waals surface area contributed by atoms with Crippen LogP contribution in [0.1, 0.15) is 6.23 Å². The number of aliphatic hydroxyl groups is 4. The SMILES string of the molecule is O=c1ccc2ccccc2n1[C@H]1OC(CO)[C@@H](O)C(O)C1O. The first-order chi connectivity index (χ1) is 10.5. The van der Waals surface area contributed by atoms with Gasteiger partial charge in [-0.25, -0.2) is 0 Å². The minimum absolute atomic E-state index is 0.414. The number of fused-ring (bicyclic) bond motifs is 1. The lowest BCUT2D eigenvalue weighted by Gasteiger charge is -2.40. The van der Waals surface area contributed by atoms with Gasteiger partial charge in [-0.05, 0) is 17.5 Å². The van der Waals surface area contributed by atoms with E-state index in [9.17, 15) is 25.2 Å². The van der Waals surface area contributed by atoms with Crippen molar-refractivity contribution in [3.05, 3.63) is 46.8 Å². The summed E-state index contributed by atoms with van der Waals surface area (Å²) in [4.78, 5) is 12.2. The number of hydrogen-bond donors (Lipinski definition) is 4. The molecule has 1 aromatic heterocycles. The first-order valence-electron chi connectivity index (χ1n) is 6.95. The number of aliphatic hydroxyl groups excluding tert-OH is 4. The van der Waals surface area contributed by atoms with Crippen molar-refractivity contribution in [1.29, 1.82) is 0 Å². The Hall–Kier alpha value is -1.77. The summed E-state index contributed by atoms with van der Waals surface area (Å²) in [5.41, 5.74) is 0.113. The standard InChI is InChI=1S/C15H17NO6/c17-7-10-12(19)13(20)14(21)15(22-10)16-9-4-2-1-3-8(9)5-6-11(16)18/h1-6,10,12-15,17,19-21H,7H2/t10?,12-,13?,14?,15+/m1/s1. The molecule has 1 aromatic carbocycles. The number of ether oxygens (including phenoxy) is 1. The second-order valence-electron chi connectivity index (χ2n) is 5.32. The maximum Gasteiger partial charge on any atom is 0.253 e. The quantitative estimate of drug-likeness (QED) is 0.565. The molecule has 0 amide bonds. The first-order valence-corrected chi connectivity index (χ1v) is 6.95. The molecule has 5 atom stereocenters. The second-order valence-corrected chi connectivity index (χ2v) is 5.32. The number of pyridine rings is 1. The molecule has 0 bridgehead atoms. The van der Waals surface area contributed by atoms with E-state index in [1.807, 2.05) is 6.07 Å². The van der Waals surface area contributed by atoms with E-state index < -0.39 is 42.8 Å². The van der Waals surface area contributed by atoms with E-state index in [0.29, 0.717) is 5.52 Å². The highest BCUT2D eigenvalue weighted by Crippen LogP contribution is 2.29. The molecule has 2 heterocycles. The van der Waals surface area contributed by atoms with Gasteiger partial charge >= 0.3 is 0 Å². The molecule has 7 nitrogen and oxygen atoms in total. The third-order valence-corrected chi connectivity index (χ3v) is 3.96. The molecular weight excluding hydrogens is 290 g/mol. The number of para-hydroxylation sites is 1. The van der Waals surface area contributed by atoms with E-state index in [2.05, 4.69) is 0 Å². The van der Waals surface area contributed by atoms with Crippen LogP contribution in [0, 0.1) is 0 Å². The Bertz CT molecular complexity index is 727. The maximum atomic E-state index is 12.2.